The number of hydrogen-bond donors (Lipinski definition) is 1. The lowest BCUT2D eigenvalue weighted by Gasteiger charge is -2.39. The van der Waals surface area contributed by atoms with Crippen LogP contribution in [-0.4, -0.2) is 26.2 Å². The van der Waals surface area contributed by atoms with E-state index in [-0.39, 0.29) is 0 Å². The van der Waals surface area contributed by atoms with Crippen molar-refractivity contribution in [1.82, 2.24) is 5.32 Å². The van der Waals surface area contributed by atoms with Crippen LogP contribution in [0.5, 0.6) is 0 Å². The van der Waals surface area contributed by atoms with Gasteiger partial charge in [0.05, 0.1) is 0 Å². The van der Waals surface area contributed by atoms with Crippen molar-refractivity contribution in [2.24, 2.45) is 5.92 Å². The van der Waals surface area contributed by atoms with E-state index in [9.17, 15) is 0 Å². The molecule has 2 unspecified atom stereocenters. The maximum Gasteiger partial charge on any atom is 0.0367 e. The van der Waals surface area contributed by atoms with E-state index in [2.05, 4.69) is 55.4 Å². The molecule has 0 amide bonds. The molecule has 94 valence electrons. The Morgan fingerprint density at radius 2 is 1.94 bits per heavy atom. The fraction of sp³-hybridized carbons (Fsp3) is 0.600. The van der Waals surface area contributed by atoms with Gasteiger partial charge in [0.25, 0.3) is 0 Å². The van der Waals surface area contributed by atoms with Crippen LogP contribution in [0.2, 0.25) is 0 Å². The molecule has 1 fully saturated rings. The number of rotatable bonds is 3. The molecule has 1 aliphatic rings. The van der Waals surface area contributed by atoms with Gasteiger partial charge in [-0.1, -0.05) is 31.0 Å². The standard InChI is InChI=1S/C15H24N2/c1-4-13-9-14(16-3)11-17(10-13)15-7-5-12(2)6-8-15/h5-8,13-14,16H,4,9-11H2,1-3H3. The SMILES string of the molecule is CCC1CC(NC)CN(c2ccc(C)cc2)C1. The highest BCUT2D eigenvalue weighted by molar-refractivity contribution is 5.48. The van der Waals surface area contributed by atoms with Crippen LogP contribution in [0.15, 0.2) is 24.3 Å². The molecule has 17 heavy (non-hydrogen) atoms. The third-order valence-electron chi connectivity index (χ3n) is 3.92. The zero-order valence-corrected chi connectivity index (χ0v) is 11.2. The Morgan fingerprint density at radius 1 is 1.24 bits per heavy atom. The van der Waals surface area contributed by atoms with Gasteiger partial charge in [-0.15, -0.1) is 0 Å². The van der Waals surface area contributed by atoms with Crippen molar-refractivity contribution >= 4 is 5.69 Å². The number of aryl methyl sites for hydroxylation is 1. The minimum Gasteiger partial charge on any atom is -0.370 e. The van der Waals surface area contributed by atoms with Crippen molar-refractivity contribution in [3.8, 4) is 0 Å². The molecule has 1 aromatic rings. The summed E-state index contributed by atoms with van der Waals surface area (Å²) in [7, 11) is 2.08. The van der Waals surface area contributed by atoms with Crippen LogP contribution in [-0.2, 0) is 0 Å². The van der Waals surface area contributed by atoms with E-state index < -0.39 is 0 Å². The van der Waals surface area contributed by atoms with Gasteiger partial charge in [0.1, 0.15) is 0 Å². The third kappa shape index (κ3) is 3.01. The highest BCUT2D eigenvalue weighted by Crippen LogP contribution is 2.25. The Bertz CT molecular complexity index is 332. The predicted molar refractivity (Wildman–Crippen MR) is 74.6 cm³/mol. The van der Waals surface area contributed by atoms with Crippen molar-refractivity contribution in [1.29, 1.82) is 0 Å². The molecule has 0 saturated carbocycles. The molecule has 2 heteroatoms. The largest absolute Gasteiger partial charge is 0.370 e. The molecule has 0 radical (unpaired) electrons. The zero-order chi connectivity index (χ0) is 12.3. The number of benzene rings is 1. The maximum atomic E-state index is 3.44. The first-order valence-corrected chi connectivity index (χ1v) is 6.71. The van der Waals surface area contributed by atoms with Gasteiger partial charge in [-0.2, -0.15) is 0 Å². The second-order valence-electron chi connectivity index (χ2n) is 5.24. The van der Waals surface area contributed by atoms with Gasteiger partial charge < -0.3 is 10.2 Å². The molecule has 0 aromatic heterocycles. The molecule has 0 aliphatic carbocycles. The van der Waals surface area contributed by atoms with Crippen molar-refractivity contribution in [3.63, 3.8) is 0 Å². The summed E-state index contributed by atoms with van der Waals surface area (Å²) >= 11 is 0. The second-order valence-corrected chi connectivity index (χ2v) is 5.24. The normalized spacial score (nSPS) is 25.0. The number of nitrogens with zero attached hydrogens (tertiary/aromatic N) is 1. The number of likely N-dealkylation sites (N-methyl/N-ethyl adjacent to an activating group) is 1. The van der Waals surface area contributed by atoms with Crippen LogP contribution in [0, 0.1) is 12.8 Å². The van der Waals surface area contributed by atoms with Crippen molar-refractivity contribution in [2.75, 3.05) is 25.0 Å². The molecule has 1 N–H and O–H groups in total. The second kappa shape index (κ2) is 5.54. The van der Waals surface area contributed by atoms with Gasteiger partial charge in [-0.05, 0) is 38.4 Å². The number of piperidine rings is 1. The van der Waals surface area contributed by atoms with E-state index >= 15 is 0 Å². The highest BCUT2D eigenvalue weighted by Gasteiger charge is 2.25. The lowest BCUT2D eigenvalue weighted by Crippen LogP contribution is -2.48. The van der Waals surface area contributed by atoms with Crippen LogP contribution in [0.25, 0.3) is 0 Å². The van der Waals surface area contributed by atoms with E-state index in [1.165, 1.54) is 30.6 Å². The molecule has 2 rings (SSSR count). The van der Waals surface area contributed by atoms with Crippen LogP contribution in [0.3, 0.4) is 0 Å². The van der Waals surface area contributed by atoms with Crippen molar-refractivity contribution < 1.29 is 0 Å². The van der Waals surface area contributed by atoms with E-state index in [4.69, 9.17) is 0 Å². The summed E-state index contributed by atoms with van der Waals surface area (Å²) in [6.45, 7) is 6.79. The molecule has 0 bridgehead atoms. The monoisotopic (exact) mass is 232 g/mol. The average Bonchev–Trinajstić information content (AvgIpc) is 2.39. The van der Waals surface area contributed by atoms with Gasteiger partial charge in [-0.25, -0.2) is 0 Å². The fourth-order valence-corrected chi connectivity index (χ4v) is 2.67. The fourth-order valence-electron chi connectivity index (χ4n) is 2.67. The number of nitrogens with one attached hydrogen (secondary N) is 1. The minimum atomic E-state index is 0.634. The number of anilines is 1. The van der Waals surface area contributed by atoms with Crippen LogP contribution < -0.4 is 10.2 Å². The third-order valence-corrected chi connectivity index (χ3v) is 3.92. The Balaban J connectivity index is 2.11. The Morgan fingerprint density at radius 3 is 2.53 bits per heavy atom. The summed E-state index contributed by atoms with van der Waals surface area (Å²) in [4.78, 5) is 2.53. The molecule has 1 heterocycles. The molecular formula is C15H24N2. The molecule has 1 aromatic carbocycles. The average molecular weight is 232 g/mol. The molecule has 2 nitrogen and oxygen atoms in total. The first-order valence-electron chi connectivity index (χ1n) is 6.71. The summed E-state index contributed by atoms with van der Waals surface area (Å²) in [5.41, 5.74) is 2.71. The summed E-state index contributed by atoms with van der Waals surface area (Å²) < 4.78 is 0. The van der Waals surface area contributed by atoms with Gasteiger partial charge in [-0.3, -0.25) is 0 Å². The lowest BCUT2D eigenvalue weighted by atomic mass is 9.92. The van der Waals surface area contributed by atoms with E-state index in [1.54, 1.807) is 0 Å². The predicted octanol–water partition coefficient (Wildman–Crippen LogP) is 2.82. The Labute approximate surface area is 105 Å². The van der Waals surface area contributed by atoms with Crippen LogP contribution in [0.4, 0.5) is 5.69 Å². The van der Waals surface area contributed by atoms with Gasteiger partial charge in [0, 0.05) is 24.8 Å². The summed E-state index contributed by atoms with van der Waals surface area (Å²) in [6, 6.07) is 9.55. The zero-order valence-electron chi connectivity index (χ0n) is 11.2. The lowest BCUT2D eigenvalue weighted by molar-refractivity contribution is 0.339. The van der Waals surface area contributed by atoms with Gasteiger partial charge in [0.2, 0.25) is 0 Å². The van der Waals surface area contributed by atoms with Crippen LogP contribution in [0.1, 0.15) is 25.3 Å². The summed E-state index contributed by atoms with van der Waals surface area (Å²) in [6.07, 6.45) is 2.59. The molecule has 2 atom stereocenters. The summed E-state index contributed by atoms with van der Waals surface area (Å²) in [5.74, 6) is 0.822. The summed E-state index contributed by atoms with van der Waals surface area (Å²) in [5, 5.41) is 3.44. The molecular weight excluding hydrogens is 208 g/mol. The van der Waals surface area contributed by atoms with Gasteiger partial charge in [0.15, 0.2) is 0 Å². The Hall–Kier alpha value is -1.02. The topological polar surface area (TPSA) is 15.3 Å². The van der Waals surface area contributed by atoms with Crippen LogP contribution >= 0.6 is 0 Å². The van der Waals surface area contributed by atoms with E-state index in [0.29, 0.717) is 6.04 Å². The van der Waals surface area contributed by atoms with E-state index in [1.807, 2.05) is 0 Å². The molecule has 1 aliphatic heterocycles. The van der Waals surface area contributed by atoms with Crippen molar-refractivity contribution in [2.45, 2.75) is 32.7 Å². The Kier molecular flexibility index (Phi) is 4.06. The minimum absolute atomic E-state index is 0.634. The van der Waals surface area contributed by atoms with E-state index in [0.717, 1.165) is 12.5 Å². The number of hydrogen-bond acceptors (Lipinski definition) is 2. The van der Waals surface area contributed by atoms with Crippen molar-refractivity contribution in [3.05, 3.63) is 29.8 Å². The maximum absolute atomic E-state index is 3.44. The first-order chi connectivity index (χ1) is 8.22. The van der Waals surface area contributed by atoms with Gasteiger partial charge >= 0.3 is 0 Å². The quantitative estimate of drug-likeness (QED) is 0.862. The molecule has 0 spiro atoms. The smallest absolute Gasteiger partial charge is 0.0367 e. The first kappa shape index (κ1) is 12.4. The highest BCUT2D eigenvalue weighted by atomic mass is 15.2. The molecule has 1 saturated heterocycles.